The maximum Gasteiger partial charge on any atom is 0.411 e. The lowest BCUT2D eigenvalue weighted by atomic mass is 10.2. The molecule has 2 rings (SSSR count). The predicted octanol–water partition coefficient (Wildman–Crippen LogP) is 4.02. The number of anilines is 2. The fourth-order valence-electron chi connectivity index (χ4n) is 2.23. The van der Waals surface area contributed by atoms with Crippen molar-refractivity contribution in [1.82, 2.24) is 0 Å². The number of alkyl halides is 2. The van der Waals surface area contributed by atoms with Gasteiger partial charge < -0.3 is 9.64 Å². The second kappa shape index (κ2) is 9.38. The molecule has 1 amide bonds. The molecule has 0 aliphatic carbocycles. The van der Waals surface area contributed by atoms with Gasteiger partial charge in [0.2, 0.25) is 0 Å². The number of carbonyl (C=O) groups is 1. The molecule has 0 aromatic heterocycles. The van der Waals surface area contributed by atoms with Crippen LogP contribution < -0.4 is 10.2 Å². The molecule has 0 bridgehead atoms. The van der Waals surface area contributed by atoms with Crippen LogP contribution in [0.5, 0.6) is 0 Å². The van der Waals surface area contributed by atoms with Crippen LogP contribution in [0.15, 0.2) is 24.3 Å². The maximum absolute atomic E-state index is 11.8. The molecular formula is C15H20Cl2N2O2S. The van der Waals surface area contributed by atoms with Crippen LogP contribution in [0.25, 0.3) is 0 Å². The molecule has 1 aromatic carbocycles. The summed E-state index contributed by atoms with van der Waals surface area (Å²) in [5.41, 5.74) is 1.75. The predicted molar refractivity (Wildman–Crippen MR) is 95.9 cm³/mol. The lowest BCUT2D eigenvalue weighted by Gasteiger charge is -2.23. The molecule has 0 spiro atoms. The largest absolute Gasteiger partial charge is 0.445 e. The number of benzene rings is 1. The van der Waals surface area contributed by atoms with E-state index in [2.05, 4.69) is 10.2 Å². The van der Waals surface area contributed by atoms with E-state index in [0.717, 1.165) is 42.4 Å². The summed E-state index contributed by atoms with van der Waals surface area (Å²) in [7, 11) is 0. The molecular weight excluding hydrogens is 343 g/mol. The Kier molecular flexibility index (Phi) is 7.49. The average Bonchev–Trinajstić information content (AvgIpc) is 3.00. The Morgan fingerprint density at radius 3 is 2.50 bits per heavy atom. The van der Waals surface area contributed by atoms with E-state index in [1.165, 1.54) is 0 Å². The van der Waals surface area contributed by atoms with Crippen LogP contribution in [0.3, 0.4) is 0 Å². The average molecular weight is 363 g/mol. The van der Waals surface area contributed by atoms with E-state index in [0.29, 0.717) is 11.8 Å². The van der Waals surface area contributed by atoms with Crippen molar-refractivity contribution < 1.29 is 9.53 Å². The smallest absolute Gasteiger partial charge is 0.411 e. The minimum absolute atomic E-state index is 0.0345. The SMILES string of the molecule is O=C(Nc1ccc(N(CCCl)CCCl)cc1)O[C@H]1CCSC1. The molecule has 1 aliphatic rings. The molecule has 22 heavy (non-hydrogen) atoms. The maximum atomic E-state index is 11.8. The Hall–Kier alpha value is -0.780. The molecule has 122 valence electrons. The van der Waals surface area contributed by atoms with Crippen molar-refractivity contribution in [2.75, 3.05) is 46.6 Å². The molecule has 1 atom stereocenters. The summed E-state index contributed by atoms with van der Waals surface area (Å²) in [6.45, 7) is 1.48. The number of halogens is 2. The number of ether oxygens (including phenoxy) is 1. The van der Waals surface area contributed by atoms with Gasteiger partial charge in [0.15, 0.2) is 0 Å². The molecule has 1 aromatic rings. The highest BCUT2D eigenvalue weighted by molar-refractivity contribution is 7.99. The van der Waals surface area contributed by atoms with Crippen LogP contribution in [-0.4, -0.2) is 48.6 Å². The fraction of sp³-hybridized carbons (Fsp3) is 0.533. The molecule has 0 saturated carbocycles. The third-order valence-corrected chi connectivity index (χ3v) is 4.82. The number of nitrogens with one attached hydrogen (secondary N) is 1. The van der Waals surface area contributed by atoms with Crippen molar-refractivity contribution >= 4 is 52.4 Å². The normalized spacial score (nSPS) is 17.3. The highest BCUT2D eigenvalue weighted by Crippen LogP contribution is 2.21. The molecule has 1 heterocycles. The van der Waals surface area contributed by atoms with Crippen LogP contribution in [0.2, 0.25) is 0 Å². The van der Waals surface area contributed by atoms with Gasteiger partial charge in [0.25, 0.3) is 0 Å². The molecule has 1 saturated heterocycles. The van der Waals surface area contributed by atoms with E-state index < -0.39 is 6.09 Å². The van der Waals surface area contributed by atoms with Crippen molar-refractivity contribution in [1.29, 1.82) is 0 Å². The monoisotopic (exact) mass is 362 g/mol. The van der Waals surface area contributed by atoms with Crippen LogP contribution >= 0.6 is 35.0 Å². The molecule has 7 heteroatoms. The Morgan fingerprint density at radius 1 is 1.27 bits per heavy atom. The van der Waals surface area contributed by atoms with Crippen LogP contribution in [-0.2, 0) is 4.74 Å². The summed E-state index contributed by atoms with van der Waals surface area (Å²) in [5, 5.41) is 2.76. The molecule has 1 fully saturated rings. The lowest BCUT2D eigenvalue weighted by molar-refractivity contribution is 0.124. The Balaban J connectivity index is 1.88. The van der Waals surface area contributed by atoms with Crippen LogP contribution in [0, 0.1) is 0 Å². The van der Waals surface area contributed by atoms with Crippen molar-refractivity contribution in [2.24, 2.45) is 0 Å². The van der Waals surface area contributed by atoms with Gasteiger partial charge in [0.05, 0.1) is 0 Å². The Morgan fingerprint density at radius 2 is 1.95 bits per heavy atom. The van der Waals surface area contributed by atoms with Gasteiger partial charge in [-0.2, -0.15) is 11.8 Å². The Bertz CT molecular complexity index is 461. The van der Waals surface area contributed by atoms with Crippen LogP contribution in [0.4, 0.5) is 16.2 Å². The van der Waals surface area contributed by atoms with Gasteiger partial charge in [-0.25, -0.2) is 4.79 Å². The number of carbonyl (C=O) groups excluding carboxylic acids is 1. The van der Waals surface area contributed by atoms with Gasteiger partial charge in [-0.15, -0.1) is 23.2 Å². The summed E-state index contributed by atoms with van der Waals surface area (Å²) in [6, 6.07) is 7.60. The summed E-state index contributed by atoms with van der Waals surface area (Å²) in [5.74, 6) is 3.03. The summed E-state index contributed by atoms with van der Waals surface area (Å²) >= 11 is 13.4. The zero-order valence-electron chi connectivity index (χ0n) is 12.3. The van der Waals surface area contributed by atoms with E-state index in [1.807, 2.05) is 36.0 Å². The molecule has 4 nitrogen and oxygen atoms in total. The van der Waals surface area contributed by atoms with Crippen molar-refractivity contribution in [3.63, 3.8) is 0 Å². The van der Waals surface area contributed by atoms with Crippen molar-refractivity contribution in [2.45, 2.75) is 12.5 Å². The van der Waals surface area contributed by atoms with E-state index in [9.17, 15) is 4.79 Å². The minimum Gasteiger partial charge on any atom is -0.445 e. The second-order valence-corrected chi connectivity index (χ2v) is 6.83. The second-order valence-electron chi connectivity index (χ2n) is 4.93. The number of hydrogen-bond donors (Lipinski definition) is 1. The third kappa shape index (κ3) is 5.45. The number of amides is 1. The van der Waals surface area contributed by atoms with Gasteiger partial charge in [0, 0.05) is 42.0 Å². The zero-order valence-corrected chi connectivity index (χ0v) is 14.6. The minimum atomic E-state index is -0.390. The van der Waals surface area contributed by atoms with E-state index in [1.54, 1.807) is 0 Å². The molecule has 1 aliphatic heterocycles. The fourth-order valence-corrected chi connectivity index (χ4v) is 3.74. The van der Waals surface area contributed by atoms with Crippen molar-refractivity contribution in [3.05, 3.63) is 24.3 Å². The quantitative estimate of drug-likeness (QED) is 0.743. The lowest BCUT2D eigenvalue weighted by Crippen LogP contribution is -2.27. The van der Waals surface area contributed by atoms with Gasteiger partial charge in [0.1, 0.15) is 6.10 Å². The van der Waals surface area contributed by atoms with E-state index in [-0.39, 0.29) is 6.10 Å². The van der Waals surface area contributed by atoms with Gasteiger partial charge >= 0.3 is 6.09 Å². The topological polar surface area (TPSA) is 41.6 Å². The first-order valence-corrected chi connectivity index (χ1v) is 9.47. The van der Waals surface area contributed by atoms with Crippen molar-refractivity contribution in [3.8, 4) is 0 Å². The van der Waals surface area contributed by atoms with Gasteiger partial charge in [-0.3, -0.25) is 5.32 Å². The highest BCUT2D eigenvalue weighted by Gasteiger charge is 2.19. The molecule has 1 N–H and O–H groups in total. The highest BCUT2D eigenvalue weighted by atomic mass is 35.5. The van der Waals surface area contributed by atoms with Crippen LogP contribution in [0.1, 0.15) is 6.42 Å². The number of nitrogens with zero attached hydrogens (tertiary/aromatic N) is 1. The molecule has 0 unspecified atom stereocenters. The van der Waals surface area contributed by atoms with E-state index >= 15 is 0 Å². The molecule has 0 radical (unpaired) electrons. The number of thioether (sulfide) groups is 1. The van der Waals surface area contributed by atoms with E-state index in [4.69, 9.17) is 27.9 Å². The summed E-state index contributed by atoms with van der Waals surface area (Å²) in [4.78, 5) is 13.9. The number of hydrogen-bond acceptors (Lipinski definition) is 4. The van der Waals surface area contributed by atoms with Gasteiger partial charge in [-0.05, 0) is 36.4 Å². The zero-order chi connectivity index (χ0) is 15.8. The Labute approximate surface area is 145 Å². The first-order chi connectivity index (χ1) is 10.7. The first kappa shape index (κ1) is 17.6. The number of rotatable bonds is 7. The standard InChI is InChI=1S/C15H20Cl2N2O2S/c16-6-8-19(9-7-17)13-3-1-12(2-4-13)18-15(20)21-14-5-10-22-11-14/h1-4,14H,5-11H2,(H,18,20)/t14-/m0/s1. The summed E-state index contributed by atoms with van der Waals surface area (Å²) in [6.07, 6.45) is 0.578. The third-order valence-electron chi connectivity index (χ3n) is 3.35. The van der Waals surface area contributed by atoms with Gasteiger partial charge in [-0.1, -0.05) is 0 Å². The summed E-state index contributed by atoms with van der Waals surface area (Å²) < 4.78 is 5.35. The first-order valence-electron chi connectivity index (χ1n) is 7.25.